The molecule has 20 heavy (non-hydrogen) atoms. The van der Waals surface area contributed by atoms with Crippen LogP contribution in [-0.4, -0.2) is 9.78 Å². The van der Waals surface area contributed by atoms with Crippen molar-refractivity contribution in [3.8, 4) is 23.0 Å². The molecule has 3 aromatic rings. The SMILES string of the molecule is Cc1cn(-c2ccc(C#N)cc2)nc1-c1ccccc1. The summed E-state index contributed by atoms with van der Waals surface area (Å²) < 4.78 is 1.85. The largest absolute Gasteiger partial charge is 0.240 e. The third-order valence-electron chi connectivity index (χ3n) is 3.21. The second-order valence-electron chi connectivity index (χ2n) is 4.63. The molecular formula is C17H13N3. The van der Waals surface area contributed by atoms with Crippen molar-refractivity contribution in [2.45, 2.75) is 6.92 Å². The minimum atomic E-state index is 0.654. The first-order valence-electron chi connectivity index (χ1n) is 6.40. The molecule has 3 nitrogen and oxygen atoms in total. The first kappa shape index (κ1) is 12.2. The normalized spacial score (nSPS) is 10.2. The van der Waals surface area contributed by atoms with Crippen LogP contribution in [0.5, 0.6) is 0 Å². The molecule has 1 heterocycles. The zero-order valence-electron chi connectivity index (χ0n) is 11.1. The van der Waals surface area contributed by atoms with Gasteiger partial charge in [-0.25, -0.2) is 4.68 Å². The van der Waals surface area contributed by atoms with Gasteiger partial charge in [0.25, 0.3) is 0 Å². The molecule has 0 N–H and O–H groups in total. The van der Waals surface area contributed by atoms with Crippen LogP contribution >= 0.6 is 0 Å². The third kappa shape index (κ3) is 2.19. The first-order valence-corrected chi connectivity index (χ1v) is 6.40. The van der Waals surface area contributed by atoms with Crippen molar-refractivity contribution in [2.75, 3.05) is 0 Å². The van der Waals surface area contributed by atoms with E-state index in [1.54, 1.807) is 12.1 Å². The van der Waals surface area contributed by atoms with Crippen molar-refractivity contribution in [1.29, 1.82) is 5.26 Å². The van der Waals surface area contributed by atoms with Crippen molar-refractivity contribution < 1.29 is 0 Å². The molecule has 0 fully saturated rings. The molecule has 0 saturated heterocycles. The number of benzene rings is 2. The fourth-order valence-electron chi connectivity index (χ4n) is 2.16. The maximum Gasteiger partial charge on any atom is 0.0991 e. The lowest BCUT2D eigenvalue weighted by atomic mass is 10.1. The zero-order valence-corrected chi connectivity index (χ0v) is 11.1. The fraction of sp³-hybridized carbons (Fsp3) is 0.0588. The molecule has 0 atom stereocenters. The summed E-state index contributed by atoms with van der Waals surface area (Å²) >= 11 is 0. The van der Waals surface area contributed by atoms with Crippen LogP contribution in [0.2, 0.25) is 0 Å². The van der Waals surface area contributed by atoms with Crippen LogP contribution in [0.3, 0.4) is 0 Å². The lowest BCUT2D eigenvalue weighted by Gasteiger charge is -2.01. The molecule has 0 saturated carbocycles. The van der Waals surface area contributed by atoms with Gasteiger partial charge in [0.1, 0.15) is 0 Å². The summed E-state index contributed by atoms with van der Waals surface area (Å²) in [6.07, 6.45) is 2.00. The maximum atomic E-state index is 8.82. The number of aromatic nitrogens is 2. The van der Waals surface area contributed by atoms with Crippen molar-refractivity contribution in [2.24, 2.45) is 0 Å². The monoisotopic (exact) mass is 259 g/mol. The number of nitrogens with zero attached hydrogens (tertiary/aromatic N) is 3. The summed E-state index contributed by atoms with van der Waals surface area (Å²) in [4.78, 5) is 0. The van der Waals surface area contributed by atoms with Gasteiger partial charge >= 0.3 is 0 Å². The topological polar surface area (TPSA) is 41.6 Å². The van der Waals surface area contributed by atoms with E-state index in [0.717, 1.165) is 22.5 Å². The molecule has 96 valence electrons. The van der Waals surface area contributed by atoms with E-state index < -0.39 is 0 Å². The summed E-state index contributed by atoms with van der Waals surface area (Å²) in [6, 6.07) is 19.6. The average Bonchev–Trinajstić information content (AvgIpc) is 2.90. The minimum Gasteiger partial charge on any atom is -0.240 e. The quantitative estimate of drug-likeness (QED) is 0.703. The Balaban J connectivity index is 2.02. The number of nitriles is 1. The molecule has 3 heteroatoms. The molecule has 0 aliphatic rings. The van der Waals surface area contributed by atoms with Gasteiger partial charge in [-0.3, -0.25) is 0 Å². The Morgan fingerprint density at radius 2 is 1.70 bits per heavy atom. The maximum absolute atomic E-state index is 8.82. The Kier molecular flexibility index (Phi) is 3.06. The Morgan fingerprint density at radius 1 is 1.00 bits per heavy atom. The smallest absolute Gasteiger partial charge is 0.0991 e. The van der Waals surface area contributed by atoms with E-state index in [9.17, 15) is 0 Å². The summed E-state index contributed by atoms with van der Waals surface area (Å²) in [6.45, 7) is 2.05. The van der Waals surface area contributed by atoms with Crippen LogP contribution in [0, 0.1) is 18.3 Å². The molecule has 3 rings (SSSR count). The van der Waals surface area contributed by atoms with Crippen LogP contribution in [0.15, 0.2) is 60.8 Å². The number of rotatable bonds is 2. The molecule has 0 radical (unpaired) electrons. The van der Waals surface area contributed by atoms with E-state index >= 15 is 0 Å². The lowest BCUT2D eigenvalue weighted by Crippen LogP contribution is -1.94. The summed E-state index contributed by atoms with van der Waals surface area (Å²) in [7, 11) is 0. The van der Waals surface area contributed by atoms with Gasteiger partial charge in [-0.05, 0) is 36.8 Å². The molecule has 0 spiro atoms. The first-order chi connectivity index (χ1) is 9.78. The summed E-state index contributed by atoms with van der Waals surface area (Å²) in [5.74, 6) is 0. The molecule has 0 aliphatic heterocycles. The van der Waals surface area contributed by atoms with Gasteiger partial charge in [0.2, 0.25) is 0 Å². The van der Waals surface area contributed by atoms with Gasteiger partial charge in [-0.15, -0.1) is 0 Å². The van der Waals surface area contributed by atoms with E-state index in [4.69, 9.17) is 5.26 Å². The van der Waals surface area contributed by atoms with Crippen molar-refractivity contribution in [3.63, 3.8) is 0 Å². The van der Waals surface area contributed by atoms with E-state index in [2.05, 4.69) is 30.2 Å². The average molecular weight is 259 g/mol. The van der Waals surface area contributed by atoms with Gasteiger partial charge < -0.3 is 0 Å². The summed E-state index contributed by atoms with van der Waals surface area (Å²) in [5, 5.41) is 13.5. The number of hydrogen-bond acceptors (Lipinski definition) is 2. The molecule has 0 unspecified atom stereocenters. The van der Waals surface area contributed by atoms with Gasteiger partial charge in [0.05, 0.1) is 23.0 Å². The predicted octanol–water partition coefficient (Wildman–Crippen LogP) is 3.72. The second kappa shape index (κ2) is 5.02. The molecule has 0 amide bonds. The van der Waals surface area contributed by atoms with Gasteiger partial charge in [0, 0.05) is 11.8 Å². The Labute approximate surface area is 117 Å². The predicted molar refractivity (Wildman–Crippen MR) is 78.5 cm³/mol. The highest BCUT2D eigenvalue weighted by Gasteiger charge is 2.08. The van der Waals surface area contributed by atoms with Crippen LogP contribution in [0.1, 0.15) is 11.1 Å². The van der Waals surface area contributed by atoms with Crippen LogP contribution in [0.4, 0.5) is 0 Å². The van der Waals surface area contributed by atoms with Crippen LogP contribution in [-0.2, 0) is 0 Å². The third-order valence-corrected chi connectivity index (χ3v) is 3.21. The van der Waals surface area contributed by atoms with E-state index in [1.165, 1.54) is 0 Å². The Morgan fingerprint density at radius 3 is 2.35 bits per heavy atom. The fourth-order valence-corrected chi connectivity index (χ4v) is 2.16. The number of hydrogen-bond donors (Lipinski definition) is 0. The van der Waals surface area contributed by atoms with E-state index in [0.29, 0.717) is 5.56 Å². The van der Waals surface area contributed by atoms with Crippen LogP contribution < -0.4 is 0 Å². The molecule has 1 aromatic heterocycles. The molecular weight excluding hydrogens is 246 g/mol. The summed E-state index contributed by atoms with van der Waals surface area (Å²) in [5.41, 5.74) is 4.82. The molecule has 2 aromatic carbocycles. The Bertz CT molecular complexity index is 762. The molecule has 0 bridgehead atoms. The zero-order chi connectivity index (χ0) is 13.9. The van der Waals surface area contributed by atoms with E-state index in [-0.39, 0.29) is 0 Å². The highest BCUT2D eigenvalue weighted by atomic mass is 15.3. The molecule has 0 aliphatic carbocycles. The van der Waals surface area contributed by atoms with Gasteiger partial charge in [-0.1, -0.05) is 30.3 Å². The Hall–Kier alpha value is -2.86. The second-order valence-corrected chi connectivity index (χ2v) is 4.63. The highest BCUT2D eigenvalue weighted by molar-refractivity contribution is 5.62. The number of aryl methyl sites for hydroxylation is 1. The van der Waals surface area contributed by atoms with Gasteiger partial charge in [0.15, 0.2) is 0 Å². The van der Waals surface area contributed by atoms with Gasteiger partial charge in [-0.2, -0.15) is 10.4 Å². The standard InChI is InChI=1S/C17H13N3/c1-13-12-20(16-9-7-14(11-18)8-10-16)19-17(13)15-5-3-2-4-6-15/h2-10,12H,1H3. The van der Waals surface area contributed by atoms with Crippen molar-refractivity contribution >= 4 is 0 Å². The van der Waals surface area contributed by atoms with Crippen LogP contribution in [0.25, 0.3) is 16.9 Å². The lowest BCUT2D eigenvalue weighted by molar-refractivity contribution is 0.883. The van der Waals surface area contributed by atoms with Crippen molar-refractivity contribution in [3.05, 3.63) is 71.9 Å². The minimum absolute atomic E-state index is 0.654. The van der Waals surface area contributed by atoms with E-state index in [1.807, 2.05) is 41.2 Å². The highest BCUT2D eigenvalue weighted by Crippen LogP contribution is 2.22. The van der Waals surface area contributed by atoms with Crippen molar-refractivity contribution in [1.82, 2.24) is 9.78 Å².